The molecule has 8 heteroatoms. The Hall–Kier alpha value is -3.00. The number of ether oxygens (including phenoxy) is 2. The Morgan fingerprint density at radius 1 is 1.19 bits per heavy atom. The molecule has 1 aromatic heterocycles. The normalized spacial score (nSPS) is 11.1. The van der Waals surface area contributed by atoms with Crippen LogP contribution in [0.1, 0.15) is 11.3 Å². The van der Waals surface area contributed by atoms with E-state index in [4.69, 9.17) is 9.57 Å². The molecule has 0 aliphatic heterocycles. The van der Waals surface area contributed by atoms with Gasteiger partial charge in [0.2, 0.25) is 0 Å². The summed E-state index contributed by atoms with van der Waals surface area (Å²) < 4.78 is 34.4. The summed E-state index contributed by atoms with van der Waals surface area (Å²) in [4.78, 5) is 9.72. The highest BCUT2D eigenvalue weighted by Crippen LogP contribution is 2.27. The van der Waals surface area contributed by atoms with Gasteiger partial charge >= 0.3 is 6.61 Å². The van der Waals surface area contributed by atoms with Gasteiger partial charge < -0.3 is 14.3 Å². The zero-order valence-corrected chi connectivity index (χ0v) is 15.2. The Bertz CT molecular complexity index is 915. The van der Waals surface area contributed by atoms with Gasteiger partial charge in [-0.25, -0.2) is 4.98 Å². The van der Waals surface area contributed by atoms with Crippen LogP contribution in [0.15, 0.2) is 59.1 Å². The van der Waals surface area contributed by atoms with Crippen molar-refractivity contribution in [2.24, 2.45) is 5.16 Å². The van der Waals surface area contributed by atoms with Gasteiger partial charge in [0.05, 0.1) is 19.0 Å². The second-order valence-electron chi connectivity index (χ2n) is 5.30. The van der Waals surface area contributed by atoms with Crippen LogP contribution in [-0.2, 0) is 11.4 Å². The van der Waals surface area contributed by atoms with Gasteiger partial charge in [0, 0.05) is 16.5 Å². The van der Waals surface area contributed by atoms with Crippen molar-refractivity contribution in [1.29, 1.82) is 0 Å². The molecule has 0 atom stereocenters. The van der Waals surface area contributed by atoms with Gasteiger partial charge in [-0.2, -0.15) is 8.78 Å². The highest BCUT2D eigenvalue weighted by Gasteiger charge is 2.08. The minimum Gasteiger partial charge on any atom is -0.497 e. The Balaban J connectivity index is 1.60. The molecular weight excluding hydrogens is 374 g/mol. The number of oxime groups is 1. The van der Waals surface area contributed by atoms with E-state index >= 15 is 0 Å². The molecule has 0 aliphatic carbocycles. The number of alkyl halides is 2. The Morgan fingerprint density at radius 2 is 2.04 bits per heavy atom. The number of hydrogen-bond acceptors (Lipinski definition) is 6. The molecule has 0 spiro atoms. The third-order valence-corrected chi connectivity index (χ3v) is 4.42. The molecule has 0 saturated heterocycles. The summed E-state index contributed by atoms with van der Waals surface area (Å²) in [7, 11) is 1.61. The lowest BCUT2D eigenvalue weighted by atomic mass is 10.2. The largest absolute Gasteiger partial charge is 0.497 e. The molecule has 0 saturated carbocycles. The number of benzene rings is 2. The van der Waals surface area contributed by atoms with E-state index in [-0.39, 0.29) is 12.4 Å². The average molecular weight is 390 g/mol. The van der Waals surface area contributed by atoms with E-state index in [0.717, 1.165) is 16.3 Å². The molecule has 2 aromatic carbocycles. The van der Waals surface area contributed by atoms with Crippen LogP contribution in [0.5, 0.6) is 11.5 Å². The summed E-state index contributed by atoms with van der Waals surface area (Å²) in [6.07, 6.45) is 1.33. The fourth-order valence-electron chi connectivity index (χ4n) is 2.25. The third-order valence-electron chi connectivity index (χ3n) is 3.48. The number of para-hydroxylation sites is 1. The predicted molar refractivity (Wildman–Crippen MR) is 99.6 cm³/mol. The molecule has 0 radical (unpaired) electrons. The second-order valence-corrected chi connectivity index (χ2v) is 6.16. The number of rotatable bonds is 8. The summed E-state index contributed by atoms with van der Waals surface area (Å²) in [5.41, 5.74) is 2.06. The Morgan fingerprint density at radius 3 is 2.85 bits per heavy atom. The first-order valence-electron chi connectivity index (χ1n) is 7.93. The zero-order chi connectivity index (χ0) is 19.1. The Kier molecular flexibility index (Phi) is 6.32. The number of thiazole rings is 1. The molecule has 140 valence electrons. The fraction of sp³-hybridized carbons (Fsp3) is 0.158. The van der Waals surface area contributed by atoms with Crippen molar-refractivity contribution in [3.8, 4) is 22.1 Å². The van der Waals surface area contributed by atoms with Gasteiger partial charge in [-0.15, -0.1) is 11.3 Å². The zero-order valence-electron chi connectivity index (χ0n) is 14.3. The summed E-state index contributed by atoms with van der Waals surface area (Å²) in [5, 5.41) is 6.52. The van der Waals surface area contributed by atoms with E-state index in [0.29, 0.717) is 11.3 Å². The highest BCUT2D eigenvalue weighted by molar-refractivity contribution is 7.13. The molecule has 0 N–H and O–H groups in total. The lowest BCUT2D eigenvalue weighted by Crippen LogP contribution is -2.04. The molecule has 0 unspecified atom stereocenters. The van der Waals surface area contributed by atoms with Crippen molar-refractivity contribution in [3.05, 3.63) is 65.2 Å². The Labute approximate surface area is 158 Å². The summed E-state index contributed by atoms with van der Waals surface area (Å²) >= 11 is 1.48. The number of nitrogens with zero attached hydrogens (tertiary/aromatic N) is 2. The third kappa shape index (κ3) is 5.24. The monoisotopic (exact) mass is 390 g/mol. The number of hydrogen-bond donors (Lipinski definition) is 0. The molecule has 27 heavy (non-hydrogen) atoms. The van der Waals surface area contributed by atoms with E-state index in [1.807, 2.05) is 29.6 Å². The standard InChI is InChI=1S/C19H16F2N2O3S/c1-24-16-7-4-6-13(9-16)18-23-15(12-27-18)11-25-22-10-14-5-2-3-8-17(14)26-19(20)21/h2-10,12,19H,11H2,1H3/b22-10+. The van der Waals surface area contributed by atoms with E-state index in [2.05, 4.69) is 14.9 Å². The van der Waals surface area contributed by atoms with Crippen LogP contribution >= 0.6 is 11.3 Å². The molecular formula is C19H16F2N2O3S. The minimum atomic E-state index is -2.90. The first kappa shape index (κ1) is 18.8. The van der Waals surface area contributed by atoms with Gasteiger partial charge in [0.15, 0.2) is 6.61 Å². The summed E-state index contributed by atoms with van der Waals surface area (Å²) in [6, 6.07) is 14.0. The van der Waals surface area contributed by atoms with Crippen molar-refractivity contribution in [1.82, 2.24) is 4.98 Å². The molecule has 0 amide bonds. The molecule has 1 heterocycles. The molecule has 0 fully saturated rings. The van der Waals surface area contributed by atoms with Crippen LogP contribution in [0.2, 0.25) is 0 Å². The smallest absolute Gasteiger partial charge is 0.387 e. The minimum absolute atomic E-state index is 0.0359. The fourth-order valence-corrected chi connectivity index (χ4v) is 3.05. The van der Waals surface area contributed by atoms with Gasteiger partial charge in [0.1, 0.15) is 16.5 Å². The maximum Gasteiger partial charge on any atom is 0.387 e. The topological polar surface area (TPSA) is 52.9 Å². The molecule has 3 aromatic rings. The molecule has 0 aliphatic rings. The van der Waals surface area contributed by atoms with Crippen LogP contribution in [0, 0.1) is 0 Å². The van der Waals surface area contributed by atoms with Crippen LogP contribution in [0.4, 0.5) is 8.78 Å². The first-order valence-corrected chi connectivity index (χ1v) is 8.81. The van der Waals surface area contributed by atoms with Gasteiger partial charge in [-0.3, -0.25) is 0 Å². The van der Waals surface area contributed by atoms with E-state index in [1.165, 1.54) is 23.6 Å². The number of aromatic nitrogens is 1. The first-order chi connectivity index (χ1) is 13.2. The van der Waals surface area contributed by atoms with E-state index < -0.39 is 6.61 Å². The van der Waals surface area contributed by atoms with Crippen molar-refractivity contribution >= 4 is 17.6 Å². The molecule has 0 bridgehead atoms. The molecule has 5 nitrogen and oxygen atoms in total. The summed E-state index contributed by atoms with van der Waals surface area (Å²) in [6.45, 7) is -2.74. The van der Waals surface area contributed by atoms with Crippen LogP contribution in [0.3, 0.4) is 0 Å². The van der Waals surface area contributed by atoms with Crippen LogP contribution < -0.4 is 9.47 Å². The molecule has 3 rings (SSSR count). The van der Waals surface area contributed by atoms with E-state index in [1.54, 1.807) is 25.3 Å². The maximum atomic E-state index is 12.4. The van der Waals surface area contributed by atoms with Crippen LogP contribution in [0.25, 0.3) is 10.6 Å². The van der Waals surface area contributed by atoms with Crippen LogP contribution in [-0.4, -0.2) is 24.9 Å². The van der Waals surface area contributed by atoms with Gasteiger partial charge in [0.25, 0.3) is 0 Å². The maximum absolute atomic E-state index is 12.4. The van der Waals surface area contributed by atoms with Crippen molar-refractivity contribution in [2.45, 2.75) is 13.2 Å². The second kappa shape index (κ2) is 9.09. The summed E-state index contributed by atoms with van der Waals surface area (Å²) in [5.74, 6) is 0.795. The predicted octanol–water partition coefficient (Wildman–Crippen LogP) is 4.97. The van der Waals surface area contributed by atoms with E-state index in [9.17, 15) is 8.78 Å². The van der Waals surface area contributed by atoms with Gasteiger partial charge in [-0.05, 0) is 24.3 Å². The average Bonchev–Trinajstić information content (AvgIpc) is 3.15. The van der Waals surface area contributed by atoms with Gasteiger partial charge in [-0.1, -0.05) is 29.4 Å². The lowest BCUT2D eigenvalue weighted by Gasteiger charge is -2.06. The SMILES string of the molecule is COc1cccc(-c2nc(CO/N=C/c3ccccc3OC(F)F)cs2)c1. The van der Waals surface area contributed by atoms with Crippen molar-refractivity contribution < 1.29 is 23.1 Å². The number of halogens is 2. The lowest BCUT2D eigenvalue weighted by molar-refractivity contribution is -0.0499. The highest BCUT2D eigenvalue weighted by atomic mass is 32.1. The van der Waals surface area contributed by atoms with Crippen molar-refractivity contribution in [2.75, 3.05) is 7.11 Å². The number of methoxy groups -OCH3 is 1. The van der Waals surface area contributed by atoms with Crippen molar-refractivity contribution in [3.63, 3.8) is 0 Å². The quantitative estimate of drug-likeness (QED) is 0.402.